The average molecular weight is 369 g/mol. The molecule has 0 saturated carbocycles. The molecule has 2 N–H and O–H groups in total. The number of nitrogens with two attached hydrogens (primary N) is 1. The Balaban J connectivity index is 2.06. The van der Waals surface area contributed by atoms with Gasteiger partial charge in [0.2, 0.25) is 0 Å². The van der Waals surface area contributed by atoms with Crippen LogP contribution in [0.2, 0.25) is 0 Å². The normalized spacial score (nSPS) is 12.4. The van der Waals surface area contributed by atoms with Crippen LogP contribution in [-0.2, 0) is 6.42 Å². The molecule has 18 heavy (non-hydrogen) atoms. The first-order valence-electron chi connectivity index (χ1n) is 5.83. The predicted molar refractivity (Wildman–Crippen MR) is 88.0 cm³/mol. The fourth-order valence-electron chi connectivity index (χ4n) is 1.84. The third-order valence-electron chi connectivity index (χ3n) is 2.91. The van der Waals surface area contributed by atoms with Crippen LogP contribution in [-0.4, -0.2) is 6.26 Å². The molecule has 0 saturated heterocycles. The van der Waals surface area contributed by atoms with Crippen LogP contribution in [0.3, 0.4) is 0 Å². The minimum absolute atomic E-state index is 0.0703. The van der Waals surface area contributed by atoms with Crippen molar-refractivity contribution in [3.05, 3.63) is 63.2 Å². The first-order chi connectivity index (χ1) is 8.69. The van der Waals surface area contributed by atoms with Crippen molar-refractivity contribution in [2.75, 3.05) is 6.26 Å². The minimum atomic E-state index is 0.0703. The minimum Gasteiger partial charge on any atom is -0.324 e. The van der Waals surface area contributed by atoms with E-state index >= 15 is 0 Å². The van der Waals surface area contributed by atoms with Gasteiger partial charge in [-0.3, -0.25) is 0 Å². The molecule has 0 aliphatic heterocycles. The Bertz CT molecular complexity index is 493. The van der Waals surface area contributed by atoms with E-state index in [-0.39, 0.29) is 6.04 Å². The summed E-state index contributed by atoms with van der Waals surface area (Å²) in [6.45, 7) is 0. The summed E-state index contributed by atoms with van der Waals surface area (Å²) in [5.41, 5.74) is 8.74. The highest BCUT2D eigenvalue weighted by Gasteiger charge is 2.07. The Kier molecular flexibility index (Phi) is 5.09. The van der Waals surface area contributed by atoms with Crippen molar-refractivity contribution < 1.29 is 0 Å². The van der Waals surface area contributed by atoms with E-state index in [1.54, 1.807) is 11.8 Å². The molecule has 0 fully saturated rings. The van der Waals surface area contributed by atoms with Gasteiger partial charge in [0.15, 0.2) is 0 Å². The summed E-state index contributed by atoms with van der Waals surface area (Å²) >= 11 is 4.07. The predicted octanol–water partition coefficient (Wildman–Crippen LogP) is 4.26. The second-order valence-electron chi connectivity index (χ2n) is 4.21. The van der Waals surface area contributed by atoms with Gasteiger partial charge in [-0.15, -0.1) is 11.8 Å². The third-order valence-corrected chi connectivity index (χ3v) is 4.38. The van der Waals surface area contributed by atoms with Crippen molar-refractivity contribution in [2.45, 2.75) is 17.4 Å². The number of thioether (sulfide) groups is 1. The molecule has 0 aliphatic carbocycles. The maximum atomic E-state index is 6.25. The number of rotatable bonds is 4. The van der Waals surface area contributed by atoms with Crippen LogP contribution in [0.25, 0.3) is 0 Å². The van der Waals surface area contributed by atoms with Gasteiger partial charge in [-0.2, -0.15) is 0 Å². The van der Waals surface area contributed by atoms with Gasteiger partial charge < -0.3 is 5.73 Å². The molecule has 0 heterocycles. The molecule has 3 heteroatoms. The van der Waals surface area contributed by atoms with Crippen molar-refractivity contribution in [1.29, 1.82) is 0 Å². The van der Waals surface area contributed by atoms with E-state index in [4.69, 9.17) is 5.73 Å². The lowest BCUT2D eigenvalue weighted by Gasteiger charge is -2.12. The van der Waals surface area contributed by atoms with Crippen LogP contribution >= 0.6 is 34.4 Å². The first kappa shape index (κ1) is 13.9. The standard InChI is InChI=1S/C15H16INS/c1-18-14-8-4-12(5-9-14)15(17)10-11-2-6-13(16)7-3-11/h2-9,15H,10,17H2,1H3. The van der Waals surface area contributed by atoms with Gasteiger partial charge >= 0.3 is 0 Å². The summed E-state index contributed by atoms with van der Waals surface area (Å²) in [6, 6.07) is 17.1. The molecule has 2 aromatic carbocycles. The lowest BCUT2D eigenvalue weighted by Crippen LogP contribution is -2.13. The SMILES string of the molecule is CSc1ccc(C(N)Cc2ccc(I)cc2)cc1. The summed E-state index contributed by atoms with van der Waals surface area (Å²) in [5, 5.41) is 0. The molecule has 1 nitrogen and oxygen atoms in total. The van der Waals surface area contributed by atoms with Gasteiger partial charge in [-0.25, -0.2) is 0 Å². The zero-order valence-electron chi connectivity index (χ0n) is 10.3. The van der Waals surface area contributed by atoms with Gasteiger partial charge in [-0.05, 0) is 70.7 Å². The van der Waals surface area contributed by atoms with E-state index in [1.807, 2.05) is 0 Å². The van der Waals surface area contributed by atoms with Crippen molar-refractivity contribution in [1.82, 2.24) is 0 Å². The van der Waals surface area contributed by atoms with Gasteiger partial charge in [0, 0.05) is 14.5 Å². The molecule has 0 spiro atoms. The first-order valence-corrected chi connectivity index (χ1v) is 8.13. The Morgan fingerprint density at radius 2 is 1.67 bits per heavy atom. The highest BCUT2D eigenvalue weighted by atomic mass is 127. The van der Waals surface area contributed by atoms with E-state index in [9.17, 15) is 0 Å². The fraction of sp³-hybridized carbons (Fsp3) is 0.200. The van der Waals surface area contributed by atoms with Crippen molar-refractivity contribution in [3.8, 4) is 0 Å². The van der Waals surface area contributed by atoms with E-state index in [1.165, 1.54) is 19.6 Å². The monoisotopic (exact) mass is 369 g/mol. The highest BCUT2D eigenvalue weighted by molar-refractivity contribution is 14.1. The highest BCUT2D eigenvalue weighted by Crippen LogP contribution is 2.20. The zero-order chi connectivity index (χ0) is 13.0. The zero-order valence-corrected chi connectivity index (χ0v) is 13.2. The van der Waals surface area contributed by atoms with Gasteiger partial charge in [0.1, 0.15) is 0 Å². The van der Waals surface area contributed by atoms with Crippen LogP contribution in [0.4, 0.5) is 0 Å². The number of benzene rings is 2. The van der Waals surface area contributed by atoms with E-state index in [0.29, 0.717) is 0 Å². The summed E-state index contributed by atoms with van der Waals surface area (Å²) < 4.78 is 1.26. The third kappa shape index (κ3) is 3.73. The Hall–Kier alpha value is -0.520. The molecule has 0 aliphatic rings. The Morgan fingerprint density at radius 1 is 1.06 bits per heavy atom. The Labute approximate surface area is 126 Å². The van der Waals surface area contributed by atoms with Gasteiger partial charge in [0.25, 0.3) is 0 Å². The van der Waals surface area contributed by atoms with E-state index in [0.717, 1.165) is 6.42 Å². The smallest absolute Gasteiger partial charge is 0.0335 e. The van der Waals surface area contributed by atoms with Crippen molar-refractivity contribution >= 4 is 34.4 Å². The molecular weight excluding hydrogens is 353 g/mol. The molecule has 0 radical (unpaired) electrons. The number of hydrogen-bond acceptors (Lipinski definition) is 2. The molecule has 0 aromatic heterocycles. The van der Waals surface area contributed by atoms with Crippen LogP contribution in [0.1, 0.15) is 17.2 Å². The molecule has 1 unspecified atom stereocenters. The summed E-state index contributed by atoms with van der Waals surface area (Å²) in [4.78, 5) is 1.28. The van der Waals surface area contributed by atoms with Crippen LogP contribution in [0.5, 0.6) is 0 Å². The van der Waals surface area contributed by atoms with Gasteiger partial charge in [0.05, 0.1) is 0 Å². The summed E-state index contributed by atoms with van der Waals surface area (Å²) in [6.07, 6.45) is 2.97. The quantitative estimate of drug-likeness (QED) is 0.644. The topological polar surface area (TPSA) is 26.0 Å². The lowest BCUT2D eigenvalue weighted by molar-refractivity contribution is 0.721. The van der Waals surface area contributed by atoms with E-state index < -0.39 is 0 Å². The second-order valence-corrected chi connectivity index (χ2v) is 6.34. The van der Waals surface area contributed by atoms with Gasteiger partial charge in [-0.1, -0.05) is 24.3 Å². The van der Waals surface area contributed by atoms with Crippen LogP contribution in [0.15, 0.2) is 53.4 Å². The summed E-state index contributed by atoms with van der Waals surface area (Å²) in [5.74, 6) is 0. The molecule has 1 atom stereocenters. The average Bonchev–Trinajstić information content (AvgIpc) is 2.41. The fourth-order valence-corrected chi connectivity index (χ4v) is 2.61. The molecule has 94 valence electrons. The maximum absolute atomic E-state index is 6.25. The van der Waals surface area contributed by atoms with Crippen molar-refractivity contribution in [3.63, 3.8) is 0 Å². The molecule has 2 aromatic rings. The van der Waals surface area contributed by atoms with Crippen LogP contribution in [0, 0.1) is 3.57 Å². The molecular formula is C15H16INS. The number of hydrogen-bond donors (Lipinski definition) is 1. The summed E-state index contributed by atoms with van der Waals surface area (Å²) in [7, 11) is 0. The molecule has 2 rings (SSSR count). The van der Waals surface area contributed by atoms with Crippen LogP contribution < -0.4 is 5.73 Å². The van der Waals surface area contributed by atoms with E-state index in [2.05, 4.69) is 77.4 Å². The van der Waals surface area contributed by atoms with Crippen molar-refractivity contribution in [2.24, 2.45) is 5.73 Å². The molecule has 0 amide bonds. The maximum Gasteiger partial charge on any atom is 0.0335 e. The Morgan fingerprint density at radius 3 is 2.22 bits per heavy atom. The largest absolute Gasteiger partial charge is 0.324 e. The molecule has 0 bridgehead atoms. The lowest BCUT2D eigenvalue weighted by atomic mass is 10.00. The second kappa shape index (κ2) is 6.59. The number of halogens is 1.